The summed E-state index contributed by atoms with van der Waals surface area (Å²) in [5.74, 6) is 0.0441. The minimum absolute atomic E-state index is 0.0435. The quantitative estimate of drug-likeness (QED) is 0.553. The zero-order valence-electron chi connectivity index (χ0n) is 15.4. The molecule has 9 heteroatoms. The van der Waals surface area contributed by atoms with E-state index in [4.69, 9.17) is 4.74 Å². The van der Waals surface area contributed by atoms with Crippen LogP contribution in [0.1, 0.15) is 30.5 Å². The molecule has 0 aliphatic carbocycles. The van der Waals surface area contributed by atoms with E-state index in [0.717, 1.165) is 17.8 Å². The highest BCUT2D eigenvalue weighted by Gasteiger charge is 2.26. The van der Waals surface area contributed by atoms with E-state index < -0.39 is 22.0 Å². The van der Waals surface area contributed by atoms with Gasteiger partial charge in [-0.3, -0.25) is 4.79 Å². The van der Waals surface area contributed by atoms with Crippen LogP contribution >= 0.6 is 23.1 Å². The Kier molecular flexibility index (Phi) is 8.75. The summed E-state index contributed by atoms with van der Waals surface area (Å²) < 4.78 is 32.8. The lowest BCUT2D eigenvalue weighted by Gasteiger charge is -2.17. The zero-order chi connectivity index (χ0) is 19.7. The average Bonchev–Trinajstić information content (AvgIpc) is 3.11. The topological polar surface area (TPSA) is 85.4 Å². The molecule has 6 nitrogen and oxygen atoms in total. The number of thioether (sulfide) groups is 1. The van der Waals surface area contributed by atoms with Crippen molar-refractivity contribution in [3.63, 3.8) is 0 Å². The molecule has 1 unspecified atom stereocenters. The molecule has 0 saturated heterocycles. The molecule has 0 saturated carbocycles. The molecule has 0 aliphatic rings. The Morgan fingerprint density at radius 3 is 2.74 bits per heavy atom. The van der Waals surface area contributed by atoms with Crippen LogP contribution < -0.4 is 4.72 Å². The molecule has 2 rings (SSSR count). The first-order valence-corrected chi connectivity index (χ1v) is 12.4. The van der Waals surface area contributed by atoms with E-state index in [0.29, 0.717) is 17.9 Å². The molecular weight excluding hydrogens is 404 g/mol. The van der Waals surface area contributed by atoms with Crippen LogP contribution in [0.2, 0.25) is 0 Å². The van der Waals surface area contributed by atoms with Crippen molar-refractivity contribution >= 4 is 39.1 Å². The first kappa shape index (κ1) is 21.9. The second kappa shape index (κ2) is 10.8. The fraction of sp³-hybridized carbons (Fsp3) is 0.444. The van der Waals surface area contributed by atoms with Gasteiger partial charge in [0, 0.05) is 5.38 Å². The SMILES string of the molecule is CCCc1nc(COC(=O)C(CCSC)NS(=O)(=O)c2ccccc2)cs1. The number of rotatable bonds is 11. The highest BCUT2D eigenvalue weighted by molar-refractivity contribution is 7.98. The van der Waals surface area contributed by atoms with Crippen LogP contribution in [0.4, 0.5) is 0 Å². The standard InChI is InChI=1S/C18H24N2O4S3/c1-3-7-17-19-14(13-26-17)12-24-18(21)16(10-11-25-2)20-27(22,23)15-8-5-4-6-9-15/h4-6,8-9,13,16,20H,3,7,10-12H2,1-2H3. The van der Waals surface area contributed by atoms with Crippen LogP contribution in [0, 0.1) is 0 Å². The van der Waals surface area contributed by atoms with Crippen molar-refractivity contribution in [1.82, 2.24) is 9.71 Å². The van der Waals surface area contributed by atoms with E-state index in [2.05, 4.69) is 16.6 Å². The number of sulfonamides is 1. The first-order valence-electron chi connectivity index (χ1n) is 8.62. The molecule has 0 spiro atoms. The second-order valence-corrected chi connectivity index (χ2v) is 9.50. The van der Waals surface area contributed by atoms with E-state index in [1.165, 1.54) is 35.2 Å². The Morgan fingerprint density at radius 1 is 1.33 bits per heavy atom. The summed E-state index contributed by atoms with van der Waals surface area (Å²) in [7, 11) is -3.79. The van der Waals surface area contributed by atoms with Gasteiger partial charge in [-0.1, -0.05) is 25.1 Å². The van der Waals surface area contributed by atoms with E-state index in [-0.39, 0.29) is 11.5 Å². The predicted molar refractivity (Wildman–Crippen MR) is 109 cm³/mol. The van der Waals surface area contributed by atoms with Crippen molar-refractivity contribution in [2.75, 3.05) is 12.0 Å². The Bertz CT molecular complexity index is 822. The van der Waals surface area contributed by atoms with Gasteiger partial charge in [0.1, 0.15) is 12.6 Å². The fourth-order valence-corrected chi connectivity index (χ4v) is 4.90. The van der Waals surface area contributed by atoms with Crippen molar-refractivity contribution in [1.29, 1.82) is 0 Å². The summed E-state index contributed by atoms with van der Waals surface area (Å²) in [6.07, 6.45) is 4.15. The molecule has 1 aromatic carbocycles. The minimum atomic E-state index is -3.79. The molecule has 1 aromatic heterocycles. The van der Waals surface area contributed by atoms with E-state index in [1.54, 1.807) is 18.2 Å². The molecule has 1 heterocycles. The van der Waals surface area contributed by atoms with Crippen molar-refractivity contribution in [3.8, 4) is 0 Å². The Hall–Kier alpha value is -1.42. The third-order valence-electron chi connectivity index (χ3n) is 3.67. The highest BCUT2D eigenvalue weighted by atomic mass is 32.2. The van der Waals surface area contributed by atoms with Crippen molar-refractivity contribution in [2.45, 2.75) is 43.7 Å². The van der Waals surface area contributed by atoms with E-state index in [9.17, 15) is 13.2 Å². The lowest BCUT2D eigenvalue weighted by atomic mass is 10.2. The van der Waals surface area contributed by atoms with Crippen LogP contribution in [-0.4, -0.2) is 37.4 Å². The number of nitrogens with zero attached hydrogens (tertiary/aromatic N) is 1. The van der Waals surface area contributed by atoms with Crippen molar-refractivity contribution in [2.24, 2.45) is 0 Å². The molecule has 0 radical (unpaired) electrons. The second-order valence-electron chi connectivity index (χ2n) is 5.86. The summed E-state index contributed by atoms with van der Waals surface area (Å²) in [6.45, 7) is 2.12. The number of ether oxygens (including phenoxy) is 1. The van der Waals surface area contributed by atoms with Gasteiger partial charge in [-0.15, -0.1) is 11.3 Å². The summed E-state index contributed by atoms with van der Waals surface area (Å²) in [4.78, 5) is 17.0. The summed E-state index contributed by atoms with van der Waals surface area (Å²) in [6, 6.07) is 7.06. The number of aromatic nitrogens is 1. The number of benzene rings is 1. The number of hydrogen-bond acceptors (Lipinski definition) is 7. The first-order chi connectivity index (χ1) is 13.0. The third kappa shape index (κ3) is 6.91. The maximum absolute atomic E-state index is 12.5. The number of nitrogens with one attached hydrogen (secondary N) is 1. The molecule has 1 N–H and O–H groups in total. The predicted octanol–water partition coefficient (Wildman–Crippen LogP) is 3.24. The maximum atomic E-state index is 12.5. The molecule has 148 valence electrons. The van der Waals surface area contributed by atoms with Gasteiger partial charge < -0.3 is 4.74 Å². The highest BCUT2D eigenvalue weighted by Crippen LogP contribution is 2.14. The fourth-order valence-electron chi connectivity index (χ4n) is 2.31. The summed E-state index contributed by atoms with van der Waals surface area (Å²) in [5.41, 5.74) is 0.686. The Morgan fingerprint density at radius 2 is 2.07 bits per heavy atom. The molecule has 0 bridgehead atoms. The Labute approximate surface area is 168 Å². The minimum Gasteiger partial charge on any atom is -0.458 e. The molecule has 0 fully saturated rings. The van der Waals surface area contributed by atoms with Gasteiger partial charge in [-0.25, -0.2) is 13.4 Å². The van der Waals surface area contributed by atoms with E-state index >= 15 is 0 Å². The van der Waals surface area contributed by atoms with Crippen LogP contribution in [0.25, 0.3) is 0 Å². The normalized spacial score (nSPS) is 12.7. The van der Waals surface area contributed by atoms with Crippen molar-refractivity contribution in [3.05, 3.63) is 46.4 Å². The largest absolute Gasteiger partial charge is 0.458 e. The number of carbonyl (C=O) groups is 1. The number of hydrogen-bond donors (Lipinski definition) is 1. The summed E-state index contributed by atoms with van der Waals surface area (Å²) in [5, 5.41) is 2.87. The monoisotopic (exact) mass is 428 g/mol. The van der Waals surface area contributed by atoms with Gasteiger partial charge in [-0.2, -0.15) is 16.5 Å². The van der Waals surface area contributed by atoms with Gasteiger partial charge in [0.25, 0.3) is 0 Å². The number of aryl methyl sites for hydroxylation is 1. The molecule has 1 atom stereocenters. The van der Waals surface area contributed by atoms with Crippen LogP contribution in [-0.2, 0) is 32.6 Å². The molecule has 0 aliphatic heterocycles. The van der Waals surface area contributed by atoms with Gasteiger partial charge in [-0.05, 0) is 43.4 Å². The smallest absolute Gasteiger partial charge is 0.324 e. The van der Waals surface area contributed by atoms with Crippen molar-refractivity contribution < 1.29 is 17.9 Å². The maximum Gasteiger partial charge on any atom is 0.324 e. The third-order valence-corrected chi connectivity index (χ3v) is 6.76. The lowest BCUT2D eigenvalue weighted by molar-refractivity contribution is -0.147. The molecule has 0 amide bonds. The molecular formula is C18H24N2O4S3. The van der Waals surface area contributed by atoms with E-state index in [1.807, 2.05) is 11.6 Å². The average molecular weight is 429 g/mol. The Balaban J connectivity index is 2.02. The number of thiazole rings is 1. The van der Waals surface area contributed by atoms with Gasteiger partial charge in [0.15, 0.2) is 0 Å². The van der Waals surface area contributed by atoms with Crippen LogP contribution in [0.5, 0.6) is 0 Å². The van der Waals surface area contributed by atoms with Crippen LogP contribution in [0.3, 0.4) is 0 Å². The lowest BCUT2D eigenvalue weighted by Crippen LogP contribution is -2.42. The van der Waals surface area contributed by atoms with Gasteiger partial charge >= 0.3 is 5.97 Å². The van der Waals surface area contributed by atoms with Gasteiger partial charge in [0.2, 0.25) is 10.0 Å². The summed E-state index contributed by atoms with van der Waals surface area (Å²) >= 11 is 3.08. The van der Waals surface area contributed by atoms with Crippen LogP contribution in [0.15, 0.2) is 40.6 Å². The molecule has 27 heavy (non-hydrogen) atoms. The van der Waals surface area contributed by atoms with Gasteiger partial charge in [0.05, 0.1) is 15.6 Å². The zero-order valence-corrected chi connectivity index (χ0v) is 17.8. The number of carbonyl (C=O) groups excluding carboxylic acids is 1. The number of esters is 1. The molecule has 2 aromatic rings.